The van der Waals surface area contributed by atoms with E-state index in [9.17, 15) is 4.79 Å². The Balaban J connectivity index is 1.70. The normalized spacial score (nSPS) is 14.3. The first-order chi connectivity index (χ1) is 15.6. The zero-order valence-electron chi connectivity index (χ0n) is 17.9. The SMILES string of the molecule is CSc1ncc2cc(-c3ccc(-c4nccnc4C)cc3Cl)c(=O)n(C3CCCC3)c2n1. The molecule has 8 heteroatoms. The first-order valence-electron chi connectivity index (χ1n) is 10.6. The lowest BCUT2D eigenvalue weighted by molar-refractivity contribution is 0.515. The van der Waals surface area contributed by atoms with Crippen LogP contribution < -0.4 is 5.56 Å². The Morgan fingerprint density at radius 1 is 1.06 bits per heavy atom. The summed E-state index contributed by atoms with van der Waals surface area (Å²) in [5.41, 5.74) is 4.39. The van der Waals surface area contributed by atoms with Gasteiger partial charge in [-0.25, -0.2) is 9.97 Å². The molecule has 0 amide bonds. The molecule has 0 unspecified atom stereocenters. The second-order valence-corrected chi connectivity index (χ2v) is 9.17. The number of hydrogen-bond donors (Lipinski definition) is 0. The first-order valence-corrected chi connectivity index (χ1v) is 12.2. The number of fused-ring (bicyclic) bond motifs is 1. The summed E-state index contributed by atoms with van der Waals surface area (Å²) in [5, 5.41) is 2.01. The fourth-order valence-corrected chi connectivity index (χ4v) is 5.09. The van der Waals surface area contributed by atoms with E-state index >= 15 is 0 Å². The van der Waals surface area contributed by atoms with E-state index in [4.69, 9.17) is 11.6 Å². The molecule has 0 radical (unpaired) electrons. The second kappa shape index (κ2) is 8.64. The molecular weight excluding hydrogens is 442 g/mol. The number of hydrogen-bond acceptors (Lipinski definition) is 6. The molecule has 0 atom stereocenters. The molecule has 1 fully saturated rings. The lowest BCUT2D eigenvalue weighted by atomic mass is 10.0. The van der Waals surface area contributed by atoms with Crippen LogP contribution in [-0.2, 0) is 0 Å². The van der Waals surface area contributed by atoms with E-state index in [0.29, 0.717) is 27.0 Å². The molecule has 0 saturated heterocycles. The zero-order chi connectivity index (χ0) is 22.2. The molecule has 0 aliphatic heterocycles. The highest BCUT2D eigenvalue weighted by Gasteiger charge is 2.24. The third-order valence-corrected chi connectivity index (χ3v) is 6.91. The monoisotopic (exact) mass is 463 g/mol. The van der Waals surface area contributed by atoms with Crippen LogP contribution in [0.4, 0.5) is 0 Å². The molecule has 162 valence electrons. The van der Waals surface area contributed by atoms with Crippen LogP contribution >= 0.6 is 23.4 Å². The van der Waals surface area contributed by atoms with E-state index in [-0.39, 0.29) is 11.6 Å². The van der Waals surface area contributed by atoms with Gasteiger partial charge in [-0.1, -0.05) is 48.3 Å². The van der Waals surface area contributed by atoms with Gasteiger partial charge in [0.05, 0.1) is 11.4 Å². The predicted molar refractivity (Wildman–Crippen MR) is 129 cm³/mol. The van der Waals surface area contributed by atoms with Gasteiger partial charge in [0.2, 0.25) is 0 Å². The summed E-state index contributed by atoms with van der Waals surface area (Å²) in [6.07, 6.45) is 11.3. The lowest BCUT2D eigenvalue weighted by Gasteiger charge is -2.18. The Morgan fingerprint density at radius 3 is 2.56 bits per heavy atom. The van der Waals surface area contributed by atoms with Crippen molar-refractivity contribution >= 4 is 34.4 Å². The van der Waals surface area contributed by atoms with Crippen molar-refractivity contribution in [1.82, 2.24) is 24.5 Å². The molecule has 0 spiro atoms. The fraction of sp³-hybridized carbons (Fsp3) is 0.292. The molecule has 0 bridgehead atoms. The number of aryl methyl sites for hydroxylation is 1. The smallest absolute Gasteiger partial charge is 0.260 e. The molecule has 5 rings (SSSR count). The van der Waals surface area contributed by atoms with Crippen molar-refractivity contribution in [3.05, 3.63) is 63.9 Å². The van der Waals surface area contributed by atoms with Gasteiger partial charge in [-0.05, 0) is 38.2 Å². The van der Waals surface area contributed by atoms with Gasteiger partial charge in [0, 0.05) is 51.7 Å². The van der Waals surface area contributed by atoms with Gasteiger partial charge in [0.15, 0.2) is 5.16 Å². The van der Waals surface area contributed by atoms with E-state index in [0.717, 1.165) is 48.0 Å². The first kappa shape index (κ1) is 21.1. The van der Waals surface area contributed by atoms with Crippen LogP contribution in [0.5, 0.6) is 0 Å². The average Bonchev–Trinajstić information content (AvgIpc) is 3.33. The number of thioether (sulfide) groups is 1. The topological polar surface area (TPSA) is 73.6 Å². The van der Waals surface area contributed by atoms with Crippen LogP contribution in [0.15, 0.2) is 52.8 Å². The third-order valence-electron chi connectivity index (χ3n) is 6.04. The summed E-state index contributed by atoms with van der Waals surface area (Å²) in [7, 11) is 0. The molecule has 1 aliphatic carbocycles. The zero-order valence-corrected chi connectivity index (χ0v) is 19.5. The van der Waals surface area contributed by atoms with Crippen LogP contribution in [0.2, 0.25) is 5.02 Å². The maximum Gasteiger partial charge on any atom is 0.260 e. The van der Waals surface area contributed by atoms with E-state index < -0.39 is 0 Å². The summed E-state index contributed by atoms with van der Waals surface area (Å²) in [4.78, 5) is 31.6. The van der Waals surface area contributed by atoms with E-state index in [1.165, 1.54) is 11.8 Å². The number of aromatic nitrogens is 5. The van der Waals surface area contributed by atoms with Crippen molar-refractivity contribution in [2.45, 2.75) is 43.8 Å². The van der Waals surface area contributed by atoms with Gasteiger partial charge in [-0.2, -0.15) is 0 Å². The summed E-state index contributed by atoms with van der Waals surface area (Å²) in [5.74, 6) is 0. The predicted octanol–water partition coefficient (Wildman–Crippen LogP) is 5.71. The summed E-state index contributed by atoms with van der Waals surface area (Å²) in [6, 6.07) is 7.70. The molecule has 1 saturated carbocycles. The molecule has 4 aromatic rings. The highest BCUT2D eigenvalue weighted by molar-refractivity contribution is 7.98. The minimum atomic E-state index is -0.0551. The number of nitrogens with zero attached hydrogens (tertiary/aromatic N) is 5. The molecule has 3 heterocycles. The molecular formula is C24H22ClN5OS. The number of halogens is 1. The van der Waals surface area contributed by atoms with Crippen LogP contribution in [0.1, 0.15) is 37.4 Å². The van der Waals surface area contributed by atoms with Gasteiger partial charge in [-0.3, -0.25) is 19.3 Å². The largest absolute Gasteiger partial charge is 0.289 e. The van der Waals surface area contributed by atoms with Gasteiger partial charge in [0.25, 0.3) is 5.56 Å². The standard InChI is InChI=1S/C24H22ClN5OS/c1-14-21(27-10-9-26-14)15-7-8-18(20(25)12-15)19-11-16-13-28-24(32-2)29-22(16)30(23(19)31)17-5-3-4-6-17/h7-13,17H,3-6H2,1-2H3. The van der Waals surface area contributed by atoms with E-state index in [2.05, 4.69) is 19.9 Å². The summed E-state index contributed by atoms with van der Waals surface area (Å²) < 4.78 is 1.87. The van der Waals surface area contributed by atoms with E-state index in [1.807, 2.05) is 42.0 Å². The Hall–Kier alpha value is -2.77. The number of rotatable bonds is 4. The van der Waals surface area contributed by atoms with Crippen molar-refractivity contribution < 1.29 is 0 Å². The van der Waals surface area contributed by atoms with Crippen molar-refractivity contribution in [2.75, 3.05) is 6.26 Å². The fourth-order valence-electron chi connectivity index (χ4n) is 4.47. The maximum atomic E-state index is 13.7. The lowest BCUT2D eigenvalue weighted by Crippen LogP contribution is -2.26. The molecule has 0 N–H and O–H groups in total. The van der Waals surface area contributed by atoms with Crippen molar-refractivity contribution in [1.29, 1.82) is 0 Å². The molecule has 6 nitrogen and oxygen atoms in total. The van der Waals surface area contributed by atoms with E-state index in [1.54, 1.807) is 18.6 Å². The number of pyridine rings is 1. The van der Waals surface area contributed by atoms with Crippen LogP contribution in [-0.4, -0.2) is 30.8 Å². The van der Waals surface area contributed by atoms with Gasteiger partial charge in [-0.15, -0.1) is 0 Å². The highest BCUT2D eigenvalue weighted by atomic mass is 35.5. The highest BCUT2D eigenvalue weighted by Crippen LogP contribution is 2.35. The molecule has 1 aliphatic rings. The third kappa shape index (κ3) is 3.69. The Labute approximate surface area is 195 Å². The Morgan fingerprint density at radius 2 is 1.84 bits per heavy atom. The second-order valence-electron chi connectivity index (χ2n) is 7.99. The van der Waals surface area contributed by atoms with Crippen molar-refractivity contribution in [2.24, 2.45) is 0 Å². The molecule has 32 heavy (non-hydrogen) atoms. The minimum Gasteiger partial charge on any atom is -0.289 e. The Bertz CT molecular complexity index is 1380. The molecule has 3 aromatic heterocycles. The van der Waals surface area contributed by atoms with Gasteiger partial charge < -0.3 is 0 Å². The quantitative estimate of drug-likeness (QED) is 0.285. The van der Waals surface area contributed by atoms with Crippen LogP contribution in [0.25, 0.3) is 33.4 Å². The van der Waals surface area contributed by atoms with Crippen LogP contribution in [0.3, 0.4) is 0 Å². The Kier molecular flexibility index (Phi) is 5.69. The number of benzene rings is 1. The summed E-state index contributed by atoms with van der Waals surface area (Å²) >= 11 is 8.19. The molecule has 1 aromatic carbocycles. The van der Waals surface area contributed by atoms with Gasteiger partial charge in [0.1, 0.15) is 5.65 Å². The van der Waals surface area contributed by atoms with Crippen LogP contribution in [0, 0.1) is 6.92 Å². The maximum absolute atomic E-state index is 13.7. The van der Waals surface area contributed by atoms with Crippen molar-refractivity contribution in [3.8, 4) is 22.4 Å². The minimum absolute atomic E-state index is 0.0551. The summed E-state index contributed by atoms with van der Waals surface area (Å²) in [6.45, 7) is 1.91. The van der Waals surface area contributed by atoms with Crippen molar-refractivity contribution in [3.63, 3.8) is 0 Å². The average molecular weight is 464 g/mol. The van der Waals surface area contributed by atoms with Gasteiger partial charge >= 0.3 is 0 Å².